The molecule has 0 aromatic rings. The van der Waals surface area contributed by atoms with E-state index in [0.717, 1.165) is 19.3 Å². The molecule has 0 aromatic heterocycles. The van der Waals surface area contributed by atoms with Gasteiger partial charge in [0.25, 0.3) is 0 Å². The number of hydrogen-bond acceptors (Lipinski definition) is 2. The minimum absolute atomic E-state index is 0.0217. The number of carbonyl (C=O) groups is 1. The highest BCUT2D eigenvalue weighted by atomic mass is 16.5. The molecule has 0 aliphatic carbocycles. The Morgan fingerprint density at radius 2 is 2.17 bits per heavy atom. The molecule has 2 nitrogen and oxygen atoms in total. The molecule has 1 rings (SSSR count). The van der Waals surface area contributed by atoms with E-state index in [-0.39, 0.29) is 11.9 Å². The van der Waals surface area contributed by atoms with Crippen molar-refractivity contribution in [3.63, 3.8) is 0 Å². The summed E-state index contributed by atoms with van der Waals surface area (Å²) in [6.45, 7) is 4.88. The summed E-state index contributed by atoms with van der Waals surface area (Å²) in [4.78, 5) is 11.3. The number of hydrogen-bond donors (Lipinski definition) is 0. The van der Waals surface area contributed by atoms with Crippen LogP contribution in [0.3, 0.4) is 0 Å². The van der Waals surface area contributed by atoms with Crippen LogP contribution in [0.15, 0.2) is 0 Å². The molecule has 0 amide bonds. The topological polar surface area (TPSA) is 26.3 Å². The van der Waals surface area contributed by atoms with Crippen molar-refractivity contribution in [3.05, 3.63) is 0 Å². The minimum atomic E-state index is 0.0217. The lowest BCUT2D eigenvalue weighted by atomic mass is 9.90. The monoisotopic (exact) mass is 170 g/mol. The maximum absolute atomic E-state index is 11.3. The summed E-state index contributed by atoms with van der Waals surface area (Å²) in [5, 5.41) is 0. The first-order valence-electron chi connectivity index (χ1n) is 4.94. The highest BCUT2D eigenvalue weighted by Crippen LogP contribution is 2.25. The first kappa shape index (κ1) is 9.56. The molecule has 0 N–H and O–H groups in total. The lowest BCUT2D eigenvalue weighted by molar-refractivity contribution is -0.147. The molecule has 0 bridgehead atoms. The normalized spacial score (nSPS) is 31.0. The average molecular weight is 170 g/mol. The summed E-state index contributed by atoms with van der Waals surface area (Å²) < 4.78 is 5.10. The van der Waals surface area contributed by atoms with Gasteiger partial charge in [-0.25, -0.2) is 0 Å². The smallest absolute Gasteiger partial charge is 0.308 e. The summed E-state index contributed by atoms with van der Waals surface area (Å²) >= 11 is 0. The first-order valence-corrected chi connectivity index (χ1v) is 4.94. The van der Waals surface area contributed by atoms with Gasteiger partial charge in [0.15, 0.2) is 0 Å². The third kappa shape index (κ3) is 2.23. The van der Waals surface area contributed by atoms with E-state index in [1.54, 1.807) is 0 Å². The molecule has 1 saturated heterocycles. The third-order valence-corrected chi connectivity index (χ3v) is 2.79. The molecule has 0 radical (unpaired) electrons. The molecule has 2 unspecified atom stereocenters. The van der Waals surface area contributed by atoms with E-state index in [2.05, 4.69) is 13.8 Å². The molecular weight excluding hydrogens is 152 g/mol. The van der Waals surface area contributed by atoms with Crippen LogP contribution in [-0.4, -0.2) is 12.6 Å². The van der Waals surface area contributed by atoms with Crippen LogP contribution < -0.4 is 0 Å². The molecule has 1 aliphatic rings. The van der Waals surface area contributed by atoms with Gasteiger partial charge in [-0.1, -0.05) is 20.3 Å². The molecule has 1 aliphatic heterocycles. The van der Waals surface area contributed by atoms with Crippen LogP contribution in [0.25, 0.3) is 0 Å². The van der Waals surface area contributed by atoms with Crippen LogP contribution in [-0.2, 0) is 9.53 Å². The highest BCUT2D eigenvalue weighted by molar-refractivity contribution is 5.72. The van der Waals surface area contributed by atoms with Crippen LogP contribution in [0.1, 0.15) is 39.5 Å². The van der Waals surface area contributed by atoms with E-state index < -0.39 is 0 Å². The van der Waals surface area contributed by atoms with E-state index >= 15 is 0 Å². The maximum atomic E-state index is 11.3. The van der Waals surface area contributed by atoms with Gasteiger partial charge in [0.05, 0.1) is 12.5 Å². The van der Waals surface area contributed by atoms with Crippen molar-refractivity contribution in [1.29, 1.82) is 0 Å². The summed E-state index contributed by atoms with van der Waals surface area (Å²) in [6, 6.07) is 0. The zero-order chi connectivity index (χ0) is 8.97. The second-order valence-corrected chi connectivity index (χ2v) is 3.57. The van der Waals surface area contributed by atoms with Gasteiger partial charge in [0, 0.05) is 0 Å². The Hall–Kier alpha value is -0.530. The Morgan fingerprint density at radius 1 is 1.42 bits per heavy atom. The van der Waals surface area contributed by atoms with Crippen molar-refractivity contribution in [2.24, 2.45) is 11.8 Å². The molecule has 1 fully saturated rings. The van der Waals surface area contributed by atoms with E-state index in [9.17, 15) is 4.79 Å². The molecule has 0 spiro atoms. The van der Waals surface area contributed by atoms with E-state index in [0.29, 0.717) is 12.5 Å². The second kappa shape index (κ2) is 4.48. The van der Waals surface area contributed by atoms with Gasteiger partial charge in [-0.15, -0.1) is 0 Å². The van der Waals surface area contributed by atoms with Crippen molar-refractivity contribution >= 4 is 5.97 Å². The fourth-order valence-corrected chi connectivity index (χ4v) is 1.76. The second-order valence-electron chi connectivity index (χ2n) is 3.57. The third-order valence-electron chi connectivity index (χ3n) is 2.79. The van der Waals surface area contributed by atoms with Crippen LogP contribution in [0.2, 0.25) is 0 Å². The first-order chi connectivity index (χ1) is 5.77. The Kier molecular flexibility index (Phi) is 3.57. The predicted molar refractivity (Wildman–Crippen MR) is 47.8 cm³/mol. The molecular formula is C10H18O2. The molecule has 2 heteroatoms. The highest BCUT2D eigenvalue weighted by Gasteiger charge is 2.25. The molecule has 2 atom stereocenters. The average Bonchev–Trinajstić information content (AvgIpc) is 2.27. The lowest BCUT2D eigenvalue weighted by Gasteiger charge is -2.13. The van der Waals surface area contributed by atoms with Crippen molar-refractivity contribution in [1.82, 2.24) is 0 Å². The van der Waals surface area contributed by atoms with Crippen molar-refractivity contribution < 1.29 is 9.53 Å². The van der Waals surface area contributed by atoms with Crippen molar-refractivity contribution in [2.45, 2.75) is 39.5 Å². The quantitative estimate of drug-likeness (QED) is 0.595. The van der Waals surface area contributed by atoms with Gasteiger partial charge in [-0.2, -0.15) is 0 Å². The van der Waals surface area contributed by atoms with Gasteiger partial charge in [0.1, 0.15) is 0 Å². The number of cyclic esters (lactones) is 1. The van der Waals surface area contributed by atoms with E-state index in [4.69, 9.17) is 4.74 Å². The number of rotatable bonds is 2. The zero-order valence-corrected chi connectivity index (χ0v) is 8.01. The predicted octanol–water partition coefficient (Wildman–Crippen LogP) is 2.38. The minimum Gasteiger partial charge on any atom is -0.465 e. The van der Waals surface area contributed by atoms with Crippen LogP contribution >= 0.6 is 0 Å². The lowest BCUT2D eigenvalue weighted by Crippen LogP contribution is -2.15. The van der Waals surface area contributed by atoms with Gasteiger partial charge >= 0.3 is 5.97 Å². The van der Waals surface area contributed by atoms with Crippen LogP contribution in [0.5, 0.6) is 0 Å². The number of carbonyl (C=O) groups excluding carboxylic acids is 1. The summed E-state index contributed by atoms with van der Waals surface area (Å²) in [6.07, 6.45) is 4.19. The summed E-state index contributed by atoms with van der Waals surface area (Å²) in [7, 11) is 0. The summed E-state index contributed by atoms with van der Waals surface area (Å²) in [5.74, 6) is 0.882. The Morgan fingerprint density at radius 3 is 2.75 bits per heavy atom. The van der Waals surface area contributed by atoms with Gasteiger partial charge < -0.3 is 4.74 Å². The fraction of sp³-hybridized carbons (Fsp3) is 0.900. The molecule has 0 aromatic carbocycles. The maximum Gasteiger partial charge on any atom is 0.308 e. The molecule has 70 valence electrons. The Labute approximate surface area is 74.3 Å². The van der Waals surface area contributed by atoms with Gasteiger partial charge in [-0.3, -0.25) is 4.79 Å². The zero-order valence-electron chi connectivity index (χ0n) is 8.01. The van der Waals surface area contributed by atoms with Crippen molar-refractivity contribution in [2.75, 3.05) is 6.61 Å². The number of ether oxygens (including phenoxy) is 1. The molecule has 1 heterocycles. The molecule has 12 heavy (non-hydrogen) atoms. The van der Waals surface area contributed by atoms with Crippen molar-refractivity contribution in [3.8, 4) is 0 Å². The Balaban J connectivity index is 2.52. The largest absolute Gasteiger partial charge is 0.465 e. The van der Waals surface area contributed by atoms with Crippen LogP contribution in [0, 0.1) is 11.8 Å². The number of esters is 1. The SMILES string of the molecule is CCC1CCOC(=O)C(CC)C1. The van der Waals surface area contributed by atoms with Crippen LogP contribution in [0.4, 0.5) is 0 Å². The van der Waals surface area contributed by atoms with Gasteiger partial charge in [0.2, 0.25) is 0 Å². The Bertz CT molecular complexity index is 154. The van der Waals surface area contributed by atoms with Gasteiger partial charge in [-0.05, 0) is 25.2 Å². The van der Waals surface area contributed by atoms with E-state index in [1.807, 2.05) is 0 Å². The molecule has 0 saturated carbocycles. The standard InChI is InChI=1S/C10H18O2/c1-3-8-5-6-12-10(11)9(4-2)7-8/h8-9H,3-7H2,1-2H3. The summed E-state index contributed by atoms with van der Waals surface area (Å²) in [5.41, 5.74) is 0. The van der Waals surface area contributed by atoms with E-state index in [1.165, 1.54) is 6.42 Å². The fourth-order valence-electron chi connectivity index (χ4n) is 1.76.